The van der Waals surface area contributed by atoms with E-state index in [-0.39, 0.29) is 18.1 Å². The van der Waals surface area contributed by atoms with E-state index in [1.807, 2.05) is 0 Å². The van der Waals surface area contributed by atoms with Crippen LogP contribution in [0.5, 0.6) is 5.75 Å². The Bertz CT molecular complexity index is 3020. The maximum absolute atomic E-state index is 6.61. The number of benzene rings is 8. The van der Waals surface area contributed by atoms with Crippen molar-refractivity contribution < 1.29 is 4.74 Å². The summed E-state index contributed by atoms with van der Waals surface area (Å²) < 4.78 is 6.61. The lowest BCUT2D eigenvalue weighted by atomic mass is 9.84. The fraction of sp³-hybridized carbons (Fsp3) is 0.0714. The number of hydrogen-bond donors (Lipinski definition) is 0. The molecule has 2 aliphatic heterocycles. The van der Waals surface area contributed by atoms with Crippen molar-refractivity contribution in [2.45, 2.75) is 24.0 Å². The lowest BCUT2D eigenvalue weighted by molar-refractivity contribution is 0.270. The average molecular weight is 742 g/mol. The van der Waals surface area contributed by atoms with Crippen LogP contribution in [0.3, 0.4) is 0 Å². The fourth-order valence-corrected chi connectivity index (χ4v) is 10.1. The summed E-state index contributed by atoms with van der Waals surface area (Å²) in [6.45, 7) is 0. The van der Waals surface area contributed by atoms with Gasteiger partial charge in [0.25, 0.3) is 0 Å². The lowest BCUT2D eigenvalue weighted by Gasteiger charge is -2.28. The molecule has 2 heterocycles. The number of fused-ring (bicyclic) bond motifs is 8. The highest BCUT2D eigenvalue weighted by Crippen LogP contribution is 2.51. The van der Waals surface area contributed by atoms with Crippen LogP contribution in [0, 0.1) is 0 Å². The second-order valence-electron chi connectivity index (χ2n) is 15.9. The van der Waals surface area contributed by atoms with Gasteiger partial charge in [0.1, 0.15) is 11.9 Å². The van der Waals surface area contributed by atoms with Crippen molar-refractivity contribution in [2.24, 2.45) is 0 Å². The lowest BCUT2D eigenvalue weighted by Crippen LogP contribution is -2.28. The maximum Gasteiger partial charge on any atom is 0.132 e. The van der Waals surface area contributed by atoms with Gasteiger partial charge in [0, 0.05) is 34.3 Å². The number of rotatable bonds is 5. The van der Waals surface area contributed by atoms with Crippen LogP contribution in [0.1, 0.15) is 23.0 Å². The van der Waals surface area contributed by atoms with Crippen molar-refractivity contribution in [2.75, 3.05) is 4.90 Å². The third kappa shape index (κ3) is 5.11. The standard InChI is InChI=1S/C56H39NO/c1-2-19-41(20-3-1)57-51-29-10-8-21-43(51)50-35-37(31-32-52(50)57)36-15-12-17-39(33-36)54-45-23-4-6-25-47(45)55(48-26-7-5-24-46(48)54)40-18-13-16-38(34-40)42-27-14-28-49-44-22-9-11-30-53(44)58-56(42)49/h1-35,43-44,51,53H. The summed E-state index contributed by atoms with van der Waals surface area (Å²) in [6.07, 6.45) is 17.8. The van der Waals surface area contributed by atoms with Crippen molar-refractivity contribution in [1.29, 1.82) is 0 Å². The van der Waals surface area contributed by atoms with Gasteiger partial charge in [-0.2, -0.15) is 0 Å². The monoisotopic (exact) mass is 741 g/mol. The molecule has 58 heavy (non-hydrogen) atoms. The number of para-hydroxylation sites is 2. The molecule has 4 atom stereocenters. The van der Waals surface area contributed by atoms with Gasteiger partial charge in [-0.1, -0.05) is 170 Å². The quantitative estimate of drug-likeness (QED) is 0.163. The highest BCUT2D eigenvalue weighted by atomic mass is 16.5. The van der Waals surface area contributed by atoms with Gasteiger partial charge in [-0.15, -0.1) is 0 Å². The Morgan fingerprint density at radius 1 is 0.397 bits per heavy atom. The zero-order chi connectivity index (χ0) is 38.2. The third-order valence-electron chi connectivity index (χ3n) is 12.7. The molecule has 0 N–H and O–H groups in total. The van der Waals surface area contributed by atoms with Gasteiger partial charge in [-0.05, 0) is 109 Å². The van der Waals surface area contributed by atoms with Crippen molar-refractivity contribution in [3.8, 4) is 50.3 Å². The minimum atomic E-state index is 0.0507. The van der Waals surface area contributed by atoms with Crippen LogP contribution in [0.25, 0.3) is 66.1 Å². The van der Waals surface area contributed by atoms with Crippen LogP contribution in [0.4, 0.5) is 11.4 Å². The Morgan fingerprint density at radius 2 is 0.966 bits per heavy atom. The molecule has 0 aromatic heterocycles. The minimum absolute atomic E-state index is 0.0507. The van der Waals surface area contributed by atoms with Crippen LogP contribution >= 0.6 is 0 Å². The Kier molecular flexibility index (Phi) is 7.53. The van der Waals surface area contributed by atoms with E-state index in [0.29, 0.717) is 5.92 Å². The van der Waals surface area contributed by atoms with Crippen molar-refractivity contribution in [3.63, 3.8) is 0 Å². The molecule has 2 nitrogen and oxygen atoms in total. The van der Waals surface area contributed by atoms with Gasteiger partial charge < -0.3 is 9.64 Å². The third-order valence-corrected chi connectivity index (χ3v) is 12.7. The number of hydrogen-bond acceptors (Lipinski definition) is 2. The Hall–Kier alpha value is -7.16. The molecule has 0 bridgehead atoms. The summed E-state index contributed by atoms with van der Waals surface area (Å²) in [5.41, 5.74) is 14.9. The van der Waals surface area contributed by atoms with Gasteiger partial charge in [0.2, 0.25) is 0 Å². The highest BCUT2D eigenvalue weighted by Gasteiger charge is 2.38. The van der Waals surface area contributed by atoms with E-state index in [9.17, 15) is 0 Å². The molecule has 0 radical (unpaired) electrons. The average Bonchev–Trinajstić information content (AvgIpc) is 3.84. The number of anilines is 2. The first-order chi connectivity index (χ1) is 28.8. The van der Waals surface area contributed by atoms with Crippen molar-refractivity contribution in [3.05, 3.63) is 224 Å². The number of allylic oxidation sites excluding steroid dienone is 4. The molecule has 4 aliphatic rings. The van der Waals surface area contributed by atoms with Gasteiger partial charge in [0.15, 0.2) is 0 Å². The van der Waals surface area contributed by atoms with E-state index in [1.165, 1.54) is 77.4 Å². The molecule has 8 aromatic rings. The van der Waals surface area contributed by atoms with E-state index >= 15 is 0 Å². The molecule has 2 heteroatoms. The molecule has 8 aromatic carbocycles. The summed E-state index contributed by atoms with van der Waals surface area (Å²) >= 11 is 0. The van der Waals surface area contributed by atoms with Gasteiger partial charge in [-0.3, -0.25) is 0 Å². The zero-order valence-corrected chi connectivity index (χ0v) is 31.9. The summed E-state index contributed by atoms with van der Waals surface area (Å²) in [4.78, 5) is 2.50. The molecule has 2 aliphatic carbocycles. The smallest absolute Gasteiger partial charge is 0.132 e. The predicted molar refractivity (Wildman–Crippen MR) is 242 cm³/mol. The van der Waals surface area contributed by atoms with Crippen LogP contribution in [0.15, 0.2) is 212 Å². The predicted octanol–water partition coefficient (Wildman–Crippen LogP) is 14.4. The molecule has 0 amide bonds. The van der Waals surface area contributed by atoms with Crippen molar-refractivity contribution in [1.82, 2.24) is 0 Å². The van der Waals surface area contributed by atoms with Crippen LogP contribution in [-0.2, 0) is 0 Å². The first-order valence-corrected chi connectivity index (χ1v) is 20.4. The molecule has 0 saturated heterocycles. The van der Waals surface area contributed by atoms with E-state index in [4.69, 9.17) is 4.74 Å². The van der Waals surface area contributed by atoms with Crippen LogP contribution in [-0.4, -0.2) is 12.1 Å². The topological polar surface area (TPSA) is 12.5 Å². The van der Waals surface area contributed by atoms with E-state index < -0.39 is 0 Å². The zero-order valence-electron chi connectivity index (χ0n) is 31.9. The van der Waals surface area contributed by atoms with Crippen LogP contribution in [0.2, 0.25) is 0 Å². The van der Waals surface area contributed by atoms with Gasteiger partial charge in [0.05, 0.1) is 6.04 Å². The molecule has 4 unspecified atom stereocenters. The first-order valence-electron chi connectivity index (χ1n) is 20.4. The Morgan fingerprint density at radius 3 is 1.69 bits per heavy atom. The first kappa shape index (κ1) is 33.0. The SMILES string of the molecule is C1=CC2Oc3c(-c4cccc(-c5c6ccccc6c(-c6cccc(-c7ccc8c(c7)C7C=CC=CC7N8c7ccccc7)c6)c6ccccc56)c4)cccc3C2C=C1. The Balaban J connectivity index is 0.981. The minimum Gasteiger partial charge on any atom is -0.484 e. The fourth-order valence-electron chi connectivity index (χ4n) is 10.1. The molecular formula is C56H39NO. The van der Waals surface area contributed by atoms with Crippen LogP contribution < -0.4 is 9.64 Å². The van der Waals surface area contributed by atoms with E-state index in [0.717, 1.165) is 16.9 Å². The maximum atomic E-state index is 6.61. The summed E-state index contributed by atoms with van der Waals surface area (Å²) in [6, 6.07) is 60.8. The summed E-state index contributed by atoms with van der Waals surface area (Å²) in [5.74, 6) is 1.56. The molecule has 0 spiro atoms. The largest absolute Gasteiger partial charge is 0.484 e. The van der Waals surface area contributed by atoms with Gasteiger partial charge >= 0.3 is 0 Å². The normalized spacial score (nSPS) is 19.6. The molecule has 0 fully saturated rings. The molecule has 274 valence electrons. The highest BCUT2D eigenvalue weighted by molar-refractivity contribution is 6.21. The van der Waals surface area contributed by atoms with E-state index in [2.05, 4.69) is 217 Å². The second kappa shape index (κ2) is 13.2. The molecular weight excluding hydrogens is 703 g/mol. The van der Waals surface area contributed by atoms with Crippen molar-refractivity contribution >= 4 is 32.9 Å². The van der Waals surface area contributed by atoms with Gasteiger partial charge in [-0.25, -0.2) is 0 Å². The number of nitrogens with zero attached hydrogens (tertiary/aromatic N) is 1. The summed E-state index contributed by atoms with van der Waals surface area (Å²) in [5, 5.41) is 4.99. The molecule has 0 saturated carbocycles. The van der Waals surface area contributed by atoms with E-state index in [1.54, 1.807) is 0 Å². The summed E-state index contributed by atoms with van der Waals surface area (Å²) in [7, 11) is 0. The number of ether oxygens (including phenoxy) is 1. The second-order valence-corrected chi connectivity index (χ2v) is 15.9. The Labute approximate surface area is 339 Å². The molecule has 12 rings (SSSR count).